The number of methoxy groups -OCH3 is 6. The molecule has 4 bridgehead atoms. The standard InChI is InChI=1S/C98H150N4O26/c1-19-25-69-41-55(3)39-57(5)43-81(119-15)87-83(121-17)47-61(9)97(115,127-87)89(107)91(109)101-37-23-21-27-71(101)93(111)125-85(63(11)73(103)51-75(69)105)59(7)45-67-33-35-77(79(49-67)117-13)123-95(113)99-53-65-29-31-66(32-30-65)54-100-96(114)124-78-36-34-68(50-80(78)118-14)46-60(8)86-64(12)74(104)52-76(106)70(26-20-2)42-56(4)40-58(6)44-82(120-16)88-84(122-18)48-62(10)98(116,128-88)90(108)92(110)102-38-24-22-28-72(102)94(112)126-86/h19-20,29-32,41-42,45-46,57-58,61-64,67-88,103-106,115-116H,1-2,21-28,33-40,43-44,47-54H2,3-18H3,(H,99,113)(H,100,114)/t57-,58-,61+,62+,63+,64+,67?,68?,69+,70+,71-,72-,73-,74?,75-,76-,77?,78?,79+,80+,81-,82-,83-,84-,85?,86?,87-,88+,97+,98+/m0/s1. The van der Waals surface area contributed by atoms with Gasteiger partial charge in [0.25, 0.3) is 23.4 Å². The van der Waals surface area contributed by atoms with Crippen molar-refractivity contribution in [3.63, 3.8) is 0 Å². The number of Topliss-reactive ketones (excluding diaryl/α,β-unsaturated/α-hetero) is 2. The van der Waals surface area contributed by atoms with Gasteiger partial charge in [0.15, 0.2) is 0 Å². The van der Waals surface area contributed by atoms with Crippen molar-refractivity contribution >= 4 is 47.5 Å². The second-order valence-corrected chi connectivity index (χ2v) is 38.2. The monoisotopic (exact) mass is 1800 g/mol. The number of rotatable bonds is 20. The fraction of sp³-hybridized carbons (Fsp3) is 0.735. The van der Waals surface area contributed by atoms with Crippen molar-refractivity contribution < 1.29 is 126 Å². The number of piperidine rings is 2. The maximum Gasteiger partial charge on any atom is 0.407 e. The molecule has 4 amide bonds. The minimum atomic E-state index is -2.58. The number of cyclic esters (lactones) is 2. The van der Waals surface area contributed by atoms with Crippen LogP contribution in [0.3, 0.4) is 0 Å². The summed E-state index contributed by atoms with van der Waals surface area (Å²) in [6.45, 7) is 26.5. The summed E-state index contributed by atoms with van der Waals surface area (Å²) < 4.78 is 73.4. The number of aliphatic hydroxyl groups is 6. The Morgan fingerprint density at radius 3 is 1.15 bits per heavy atom. The first kappa shape index (κ1) is 105. The van der Waals surface area contributed by atoms with Gasteiger partial charge in [0.1, 0.15) is 48.7 Å². The molecule has 30 nitrogen and oxygen atoms in total. The van der Waals surface area contributed by atoms with Crippen LogP contribution in [0.2, 0.25) is 0 Å². The largest absolute Gasteiger partial charge is 0.456 e. The van der Waals surface area contributed by atoms with Gasteiger partial charge in [-0.25, -0.2) is 19.2 Å². The fourth-order valence-electron chi connectivity index (χ4n) is 20.9. The van der Waals surface area contributed by atoms with E-state index in [0.717, 1.165) is 22.3 Å². The van der Waals surface area contributed by atoms with Crippen molar-refractivity contribution in [1.82, 2.24) is 20.4 Å². The average molecular weight is 1800 g/mol. The Morgan fingerprint density at radius 2 is 0.812 bits per heavy atom. The third kappa shape index (κ3) is 26.7. The van der Waals surface area contributed by atoms with Gasteiger partial charge in [-0.3, -0.25) is 19.2 Å². The van der Waals surface area contributed by atoms with Gasteiger partial charge >= 0.3 is 24.1 Å². The number of nitrogens with one attached hydrogen (secondary N) is 2. The number of carbonyl (C=O) groups excluding carboxylic acids is 8. The molecule has 8 N–H and O–H groups in total. The summed E-state index contributed by atoms with van der Waals surface area (Å²) in [6.07, 6.45) is 4.54. The van der Waals surface area contributed by atoms with Crippen LogP contribution in [-0.2, 0) is 98.7 Å². The number of hydrogen-bond donors (Lipinski definition) is 8. The summed E-state index contributed by atoms with van der Waals surface area (Å²) in [5.74, 6) is -16.1. The molecule has 4 saturated heterocycles. The Kier molecular flexibility index (Phi) is 39.6. The van der Waals surface area contributed by atoms with Crippen LogP contribution < -0.4 is 10.6 Å². The second kappa shape index (κ2) is 48.5. The molecule has 6 aliphatic heterocycles. The second-order valence-electron chi connectivity index (χ2n) is 38.2. The molecular formula is C98H150N4O26. The molecule has 2 aliphatic carbocycles. The maximum atomic E-state index is 14.9. The molecule has 0 spiro atoms. The molecule has 6 heterocycles. The minimum absolute atomic E-state index is 0.0255. The first-order chi connectivity index (χ1) is 60.9. The van der Waals surface area contributed by atoms with Crippen LogP contribution in [0.4, 0.5) is 9.59 Å². The summed E-state index contributed by atoms with van der Waals surface area (Å²) in [6, 6.07) is 4.81. The highest BCUT2D eigenvalue weighted by Crippen LogP contribution is 2.44. The molecule has 30 heteroatoms. The molecule has 7 unspecified atom stereocenters. The topological polar surface area (TPSA) is 399 Å². The summed E-state index contributed by atoms with van der Waals surface area (Å²) in [5.41, 5.74) is 4.60. The van der Waals surface area contributed by atoms with Gasteiger partial charge < -0.3 is 108 Å². The number of hydrogen-bond acceptors (Lipinski definition) is 26. The lowest BCUT2D eigenvalue weighted by Gasteiger charge is -2.47. The molecule has 0 radical (unpaired) electrons. The van der Waals surface area contributed by atoms with Gasteiger partial charge in [0.05, 0.1) is 61.0 Å². The molecule has 0 aromatic heterocycles. The van der Waals surface area contributed by atoms with Gasteiger partial charge in [0, 0.05) is 117 Å². The predicted octanol–water partition coefficient (Wildman–Crippen LogP) is 11.0. The molecule has 128 heavy (non-hydrogen) atoms. The third-order valence-electron chi connectivity index (χ3n) is 28.5. The number of ketones is 2. The van der Waals surface area contributed by atoms with Gasteiger partial charge in [-0.15, -0.1) is 13.2 Å². The van der Waals surface area contributed by atoms with E-state index in [9.17, 15) is 69.0 Å². The molecule has 1 aromatic rings. The average Bonchev–Trinajstić information content (AvgIpc) is 0.826. The maximum absolute atomic E-state index is 14.9. The molecule has 2 saturated carbocycles. The lowest BCUT2D eigenvalue weighted by Crippen LogP contribution is -2.64. The van der Waals surface area contributed by atoms with Crippen molar-refractivity contribution in [1.29, 1.82) is 0 Å². The number of aliphatic hydroxyl groups excluding tert-OH is 4. The molecular weight excluding hydrogens is 1650 g/mol. The summed E-state index contributed by atoms with van der Waals surface area (Å²) in [5, 5.41) is 78.6. The summed E-state index contributed by atoms with van der Waals surface area (Å²) >= 11 is 0. The van der Waals surface area contributed by atoms with Crippen molar-refractivity contribution in [2.24, 2.45) is 59.2 Å². The fourth-order valence-corrected chi connectivity index (χ4v) is 20.9. The third-order valence-corrected chi connectivity index (χ3v) is 28.5. The Labute approximate surface area is 757 Å². The zero-order chi connectivity index (χ0) is 93.8. The zero-order valence-electron chi connectivity index (χ0n) is 78.5. The van der Waals surface area contributed by atoms with Crippen LogP contribution in [-0.4, -0.2) is 265 Å². The van der Waals surface area contributed by atoms with Crippen LogP contribution in [0.5, 0.6) is 0 Å². The Hall–Kier alpha value is -7.14. The number of amides is 4. The first-order valence-corrected chi connectivity index (χ1v) is 46.6. The van der Waals surface area contributed by atoms with E-state index in [4.69, 9.17) is 56.8 Å². The number of fused-ring (bicyclic) bond motifs is 6. The highest BCUT2D eigenvalue weighted by molar-refractivity contribution is 6.39. The van der Waals surface area contributed by atoms with E-state index in [1.165, 1.54) is 52.5 Å². The van der Waals surface area contributed by atoms with Crippen molar-refractivity contribution in [2.75, 3.05) is 55.7 Å². The lowest BCUT2D eigenvalue weighted by molar-refractivity contribution is -0.302. The number of alkyl carbamates (subject to hydrolysis) is 2. The Morgan fingerprint density at radius 1 is 0.469 bits per heavy atom. The Balaban J connectivity index is 0.807. The van der Waals surface area contributed by atoms with Gasteiger partial charge in [-0.05, 0) is 202 Å². The number of esters is 2. The number of allylic oxidation sites excluding steroid dienone is 6. The smallest absolute Gasteiger partial charge is 0.407 e. The highest BCUT2D eigenvalue weighted by Gasteiger charge is 2.59. The predicted molar refractivity (Wildman–Crippen MR) is 476 cm³/mol. The van der Waals surface area contributed by atoms with Gasteiger partial charge in [-0.2, -0.15) is 0 Å². The van der Waals surface area contributed by atoms with Crippen molar-refractivity contribution in [3.05, 3.63) is 107 Å². The number of nitrogens with zero attached hydrogens (tertiary/aromatic N) is 2. The van der Waals surface area contributed by atoms with E-state index in [1.807, 2.05) is 76.3 Å². The normalized spacial score (nSPS) is 38.0. The van der Waals surface area contributed by atoms with Crippen molar-refractivity contribution in [2.45, 2.75) is 345 Å². The van der Waals surface area contributed by atoms with E-state index < -0.39 is 204 Å². The van der Waals surface area contributed by atoms with E-state index in [-0.39, 0.29) is 88.4 Å². The minimum Gasteiger partial charge on any atom is -0.456 e. The zero-order valence-corrected chi connectivity index (χ0v) is 78.5. The van der Waals surface area contributed by atoms with Crippen LogP contribution >= 0.6 is 0 Å². The molecule has 8 aliphatic rings. The lowest BCUT2D eigenvalue weighted by atomic mass is 9.81. The molecule has 30 atom stereocenters. The molecule has 6 fully saturated rings. The van der Waals surface area contributed by atoms with E-state index >= 15 is 0 Å². The van der Waals surface area contributed by atoms with Gasteiger partial charge in [0.2, 0.25) is 11.6 Å². The van der Waals surface area contributed by atoms with Crippen LogP contribution in [0.1, 0.15) is 222 Å². The van der Waals surface area contributed by atoms with Crippen molar-refractivity contribution in [3.8, 4) is 0 Å². The molecule has 718 valence electrons. The van der Waals surface area contributed by atoms with E-state index in [1.54, 1.807) is 53.7 Å². The summed E-state index contributed by atoms with van der Waals surface area (Å²) in [4.78, 5) is 118. The summed E-state index contributed by atoms with van der Waals surface area (Å²) in [7, 11) is 9.15. The SMILES string of the molecule is C=CC[C@@H]1C=C(C)C[C@H](C)C[C@H](OC)[C@H]2O[C@@](O)(C(=O)C(=O)N3CCCC[C@H]3C(=O)OC(C(C)=CC3CCC(OC(=O)NCc4ccc(CNC(=O)OC5CCC(C=C(C)C6OC(=O)[C@@H]7CCCCN7C(=O)C(=O)[C@]7(O)O[C@@H]([C@@H](OC)C[C@@H](C)CC(C)=C[C@@H](CC=C)[C@@H](O)C[C@H](O)[C@H]6C)[C@@H](OC)C[C@H]7C)C[C@H]5OC)cc4)[C@H](OC)C3)[C@H](C)C(O)C[C@@H]1O)[C@H](C)C[C@@H]2OC. The molecule has 9 rings (SSSR count). The number of ether oxygens (including phenoxy) is 12. The molecule has 1 aromatic carbocycles. The number of carbonyl (C=O) groups is 8. The first-order valence-electron chi connectivity index (χ1n) is 46.6. The van der Waals surface area contributed by atoms with E-state index in [2.05, 4.69) is 23.8 Å². The van der Waals surface area contributed by atoms with Gasteiger partial charge in [-0.1, -0.05) is 113 Å². The van der Waals surface area contributed by atoms with E-state index in [0.29, 0.717) is 114 Å². The highest BCUT2D eigenvalue weighted by atomic mass is 16.7. The van der Waals surface area contributed by atoms with Crippen LogP contribution in [0.25, 0.3) is 0 Å². The van der Waals surface area contributed by atoms with Crippen LogP contribution in [0, 0.1) is 59.2 Å². The quantitative estimate of drug-likeness (QED) is 0.0260. The Bertz CT molecular complexity index is 3750. The number of benzene rings is 1. The van der Waals surface area contributed by atoms with Crippen LogP contribution in [0.15, 0.2) is 96.2 Å².